The minimum absolute atomic E-state index is 0.0463. The van der Waals surface area contributed by atoms with Crippen LogP contribution in [0.15, 0.2) is 35.1 Å². The van der Waals surface area contributed by atoms with Crippen LogP contribution in [0.2, 0.25) is 0 Å². The standard InChI is InChI=1S/C21H30N4O2/c1-4-25-19(22-23(3)21(25)27)15-17-10-12-24(13-11-17)20(26)14-16(2)18-8-6-5-7-9-18/h5-9,16-17H,4,10-15H2,1-3H3/t16-/m0/s1. The summed E-state index contributed by atoms with van der Waals surface area (Å²) in [5.41, 5.74) is 1.17. The van der Waals surface area contributed by atoms with Crippen molar-refractivity contribution in [2.24, 2.45) is 13.0 Å². The molecular weight excluding hydrogens is 340 g/mol. The molecule has 1 aromatic heterocycles. The minimum Gasteiger partial charge on any atom is -0.343 e. The Morgan fingerprint density at radius 3 is 2.52 bits per heavy atom. The zero-order valence-corrected chi connectivity index (χ0v) is 16.6. The zero-order valence-electron chi connectivity index (χ0n) is 16.6. The summed E-state index contributed by atoms with van der Waals surface area (Å²) in [6, 6.07) is 10.2. The number of aryl methyl sites for hydroxylation is 1. The monoisotopic (exact) mass is 370 g/mol. The zero-order chi connectivity index (χ0) is 19.4. The van der Waals surface area contributed by atoms with Crippen molar-refractivity contribution in [3.05, 3.63) is 52.2 Å². The molecule has 1 amide bonds. The average Bonchev–Trinajstić information content (AvgIpc) is 2.95. The van der Waals surface area contributed by atoms with Gasteiger partial charge in [0.2, 0.25) is 5.91 Å². The van der Waals surface area contributed by atoms with Crippen LogP contribution in [0, 0.1) is 5.92 Å². The van der Waals surface area contributed by atoms with Gasteiger partial charge in [-0.2, -0.15) is 5.10 Å². The Balaban J connectivity index is 1.52. The molecule has 0 bridgehead atoms. The third-order valence-electron chi connectivity index (χ3n) is 5.69. The molecule has 0 saturated carbocycles. The van der Waals surface area contributed by atoms with Crippen LogP contribution in [0.4, 0.5) is 0 Å². The first-order chi connectivity index (χ1) is 13.0. The molecule has 6 heteroatoms. The molecule has 0 N–H and O–H groups in total. The second-order valence-electron chi connectivity index (χ2n) is 7.61. The lowest BCUT2D eigenvalue weighted by atomic mass is 9.92. The van der Waals surface area contributed by atoms with E-state index in [0.29, 0.717) is 18.9 Å². The van der Waals surface area contributed by atoms with E-state index in [1.54, 1.807) is 11.6 Å². The van der Waals surface area contributed by atoms with Crippen molar-refractivity contribution in [2.45, 2.75) is 52.0 Å². The summed E-state index contributed by atoms with van der Waals surface area (Å²) in [5.74, 6) is 1.83. The van der Waals surface area contributed by atoms with E-state index in [1.807, 2.05) is 30.0 Å². The number of nitrogens with zero attached hydrogens (tertiary/aromatic N) is 4. The first kappa shape index (κ1) is 19.4. The number of carbonyl (C=O) groups is 1. The van der Waals surface area contributed by atoms with Crippen LogP contribution in [0.5, 0.6) is 0 Å². The fourth-order valence-corrected chi connectivity index (χ4v) is 3.96. The predicted molar refractivity (Wildman–Crippen MR) is 106 cm³/mol. The van der Waals surface area contributed by atoms with E-state index in [4.69, 9.17) is 0 Å². The number of hydrogen-bond acceptors (Lipinski definition) is 3. The Bertz CT molecular complexity index is 816. The summed E-state index contributed by atoms with van der Waals surface area (Å²) in [7, 11) is 1.70. The number of carbonyl (C=O) groups excluding carboxylic acids is 1. The summed E-state index contributed by atoms with van der Waals surface area (Å²) in [5, 5.41) is 4.39. The van der Waals surface area contributed by atoms with E-state index >= 15 is 0 Å². The quantitative estimate of drug-likeness (QED) is 0.785. The smallest absolute Gasteiger partial charge is 0.343 e. The molecule has 27 heavy (non-hydrogen) atoms. The number of benzene rings is 1. The molecule has 146 valence electrons. The highest BCUT2D eigenvalue weighted by Crippen LogP contribution is 2.24. The molecule has 2 aromatic rings. The summed E-state index contributed by atoms with van der Waals surface area (Å²) in [6.07, 6.45) is 3.32. The van der Waals surface area contributed by atoms with Crippen LogP contribution >= 0.6 is 0 Å². The van der Waals surface area contributed by atoms with Gasteiger partial charge in [0.25, 0.3) is 0 Å². The largest absolute Gasteiger partial charge is 0.345 e. The summed E-state index contributed by atoms with van der Waals surface area (Å²) < 4.78 is 3.17. The lowest BCUT2D eigenvalue weighted by molar-refractivity contribution is -0.132. The Hall–Kier alpha value is -2.37. The normalized spacial score (nSPS) is 16.5. The van der Waals surface area contributed by atoms with E-state index in [0.717, 1.165) is 38.2 Å². The van der Waals surface area contributed by atoms with Crippen molar-refractivity contribution in [3.63, 3.8) is 0 Å². The fourth-order valence-electron chi connectivity index (χ4n) is 3.96. The van der Waals surface area contributed by atoms with Crippen molar-refractivity contribution in [1.82, 2.24) is 19.2 Å². The molecule has 1 fully saturated rings. The number of likely N-dealkylation sites (tertiary alicyclic amines) is 1. The van der Waals surface area contributed by atoms with Crippen LogP contribution < -0.4 is 5.69 Å². The second kappa shape index (κ2) is 8.55. The second-order valence-corrected chi connectivity index (χ2v) is 7.61. The third-order valence-corrected chi connectivity index (χ3v) is 5.69. The van der Waals surface area contributed by atoms with Gasteiger partial charge in [0.15, 0.2) is 0 Å². The Labute approximate surface area is 160 Å². The molecular formula is C21H30N4O2. The molecule has 0 unspecified atom stereocenters. The third kappa shape index (κ3) is 4.49. The van der Waals surface area contributed by atoms with E-state index in [1.165, 1.54) is 10.2 Å². The molecule has 1 aliphatic rings. The van der Waals surface area contributed by atoms with Gasteiger partial charge >= 0.3 is 5.69 Å². The van der Waals surface area contributed by atoms with Crippen LogP contribution in [0.3, 0.4) is 0 Å². The van der Waals surface area contributed by atoms with Crippen molar-refractivity contribution >= 4 is 5.91 Å². The van der Waals surface area contributed by atoms with Crippen LogP contribution in [-0.2, 0) is 24.8 Å². The van der Waals surface area contributed by atoms with Gasteiger partial charge in [0.05, 0.1) is 0 Å². The molecule has 1 aliphatic heterocycles. The van der Waals surface area contributed by atoms with Crippen molar-refractivity contribution in [2.75, 3.05) is 13.1 Å². The van der Waals surface area contributed by atoms with Gasteiger partial charge in [-0.3, -0.25) is 9.36 Å². The molecule has 0 spiro atoms. The maximum atomic E-state index is 12.7. The van der Waals surface area contributed by atoms with Crippen molar-refractivity contribution in [1.29, 1.82) is 0 Å². The Morgan fingerprint density at radius 1 is 1.22 bits per heavy atom. The van der Waals surface area contributed by atoms with Gasteiger partial charge < -0.3 is 4.90 Å². The van der Waals surface area contributed by atoms with Gasteiger partial charge in [-0.05, 0) is 37.2 Å². The molecule has 0 aliphatic carbocycles. The van der Waals surface area contributed by atoms with Crippen LogP contribution in [0.1, 0.15) is 50.4 Å². The number of rotatable bonds is 6. The van der Waals surface area contributed by atoms with E-state index in [9.17, 15) is 9.59 Å². The fraction of sp³-hybridized carbons (Fsp3) is 0.571. The summed E-state index contributed by atoms with van der Waals surface area (Å²) >= 11 is 0. The molecule has 2 heterocycles. The lowest BCUT2D eigenvalue weighted by Gasteiger charge is -2.32. The SMILES string of the molecule is CCn1c(CC2CCN(C(=O)C[C@H](C)c3ccccc3)CC2)nn(C)c1=O. The maximum absolute atomic E-state index is 12.7. The molecule has 3 rings (SSSR count). The summed E-state index contributed by atoms with van der Waals surface area (Å²) in [4.78, 5) is 26.7. The number of hydrogen-bond donors (Lipinski definition) is 0. The highest BCUT2D eigenvalue weighted by molar-refractivity contribution is 5.77. The highest BCUT2D eigenvalue weighted by Gasteiger charge is 2.25. The number of piperidine rings is 1. The molecule has 1 aromatic carbocycles. The van der Waals surface area contributed by atoms with Crippen molar-refractivity contribution < 1.29 is 4.79 Å². The molecule has 6 nitrogen and oxygen atoms in total. The topological polar surface area (TPSA) is 60.1 Å². The highest BCUT2D eigenvalue weighted by atomic mass is 16.2. The first-order valence-electron chi connectivity index (χ1n) is 9.95. The average molecular weight is 370 g/mol. The summed E-state index contributed by atoms with van der Waals surface area (Å²) in [6.45, 7) is 6.34. The van der Waals surface area contributed by atoms with E-state index in [-0.39, 0.29) is 17.5 Å². The van der Waals surface area contributed by atoms with Gasteiger partial charge in [-0.1, -0.05) is 37.3 Å². The first-order valence-corrected chi connectivity index (χ1v) is 9.95. The molecule has 1 atom stereocenters. The molecule has 0 radical (unpaired) electrons. The van der Waals surface area contributed by atoms with E-state index in [2.05, 4.69) is 24.2 Å². The van der Waals surface area contributed by atoms with Gasteiger partial charge in [-0.15, -0.1) is 0 Å². The van der Waals surface area contributed by atoms with Crippen LogP contribution in [-0.4, -0.2) is 38.2 Å². The van der Waals surface area contributed by atoms with Gasteiger partial charge in [-0.25, -0.2) is 9.48 Å². The lowest BCUT2D eigenvalue weighted by Crippen LogP contribution is -2.39. The van der Waals surface area contributed by atoms with Crippen LogP contribution in [0.25, 0.3) is 0 Å². The van der Waals surface area contributed by atoms with E-state index < -0.39 is 0 Å². The number of aromatic nitrogens is 3. The molecule has 1 saturated heterocycles. The Kier molecular flexibility index (Phi) is 6.14. The van der Waals surface area contributed by atoms with Gasteiger partial charge in [0.1, 0.15) is 5.82 Å². The minimum atomic E-state index is -0.0463. The number of amides is 1. The maximum Gasteiger partial charge on any atom is 0.345 e. The predicted octanol–water partition coefficient (Wildman–Crippen LogP) is 2.58. The van der Waals surface area contributed by atoms with Gasteiger partial charge in [0, 0.05) is 39.5 Å². The van der Waals surface area contributed by atoms with Crippen molar-refractivity contribution in [3.8, 4) is 0 Å². The Morgan fingerprint density at radius 2 is 1.89 bits per heavy atom.